The maximum Gasteiger partial charge on any atom is 0.187 e. The maximum atomic E-state index is 11.0. The molecular formula is C24H42O21. The quantitative estimate of drug-likeness (QED) is 0.103. The van der Waals surface area contributed by atoms with E-state index in [1.807, 2.05) is 0 Å². The molecule has 4 rings (SSSR count). The van der Waals surface area contributed by atoms with Crippen LogP contribution in [0.15, 0.2) is 0 Å². The highest BCUT2D eigenvalue weighted by atomic mass is 16.8. The largest absolute Gasteiger partial charge is 0.394 e. The van der Waals surface area contributed by atoms with E-state index in [4.69, 9.17) is 33.2 Å². The fourth-order valence-corrected chi connectivity index (χ4v) is 5.54. The predicted octanol–water partition coefficient (Wildman–Crippen LogP) is -9.75. The van der Waals surface area contributed by atoms with Gasteiger partial charge in [0.25, 0.3) is 0 Å². The fourth-order valence-electron chi connectivity index (χ4n) is 5.54. The van der Waals surface area contributed by atoms with Gasteiger partial charge in [-0.2, -0.15) is 0 Å². The van der Waals surface area contributed by atoms with Gasteiger partial charge in [-0.25, -0.2) is 0 Å². The molecule has 4 heterocycles. The van der Waals surface area contributed by atoms with Crippen LogP contribution in [0.25, 0.3) is 0 Å². The molecule has 0 aromatic carbocycles. The second-order valence-corrected chi connectivity index (χ2v) is 11.1. The first-order valence-corrected chi connectivity index (χ1v) is 14.1. The Kier molecular flexibility index (Phi) is 12.8. The number of hydrogen-bond donors (Lipinski definition) is 14. The summed E-state index contributed by atoms with van der Waals surface area (Å²) in [5, 5.41) is 142. The first-order chi connectivity index (χ1) is 21.3. The SMILES string of the molecule is OC[C@H]1O[C@H](O[C@@H]2[C@@H](O)[C@@H](O[C@H]3[C@H](O)[C@@H](O)[C@@H](O[C@H]4[C@H](O)[C@H](O)C(O)O[C@@H]4CO)O[C@@H]3CO)O[C@H](CO)[C@H]2O)[C@H](O)[C@@H](O)[C@@H]1O. The molecule has 0 bridgehead atoms. The maximum absolute atomic E-state index is 11.0. The lowest BCUT2D eigenvalue weighted by molar-refractivity contribution is -0.388. The summed E-state index contributed by atoms with van der Waals surface area (Å²) in [5.41, 5.74) is 0. The molecule has 0 aliphatic carbocycles. The zero-order valence-corrected chi connectivity index (χ0v) is 23.5. The Morgan fingerprint density at radius 3 is 1.22 bits per heavy atom. The van der Waals surface area contributed by atoms with Crippen LogP contribution in [0, 0.1) is 0 Å². The predicted molar refractivity (Wildman–Crippen MR) is 134 cm³/mol. The van der Waals surface area contributed by atoms with Gasteiger partial charge in [0.2, 0.25) is 0 Å². The standard InChI is InChI=1S/C24H42O21/c25-1-5-9(29)11(31)15(35)22(40-5)45-20-10(30)6(2-26)41-24(17(20)37)44-19-8(4-28)42-23(16(36)13(19)33)43-18-7(3-27)39-21(38)14(34)12(18)32/h5-38H,1-4H2/t5-,6-,7-,8-,9-,10-,11+,12-,13-,14+,15-,16-,17-,18-,19-,20+,21?,22-,23-,24-/m1/s1. The first-order valence-electron chi connectivity index (χ1n) is 14.1. The lowest BCUT2D eigenvalue weighted by atomic mass is 9.95. The summed E-state index contributed by atoms with van der Waals surface area (Å²) in [6.07, 6.45) is -35.6. The van der Waals surface area contributed by atoms with Crippen molar-refractivity contribution in [1.82, 2.24) is 0 Å². The molecule has 0 spiro atoms. The van der Waals surface area contributed by atoms with Crippen molar-refractivity contribution in [1.29, 1.82) is 0 Å². The van der Waals surface area contributed by atoms with Crippen LogP contribution >= 0.6 is 0 Å². The lowest BCUT2D eigenvalue weighted by Gasteiger charge is -2.49. The van der Waals surface area contributed by atoms with Gasteiger partial charge in [-0.05, 0) is 0 Å². The topological polar surface area (TPSA) is 348 Å². The third-order valence-corrected chi connectivity index (χ3v) is 8.20. The zero-order chi connectivity index (χ0) is 33.3. The monoisotopic (exact) mass is 666 g/mol. The average Bonchev–Trinajstić information content (AvgIpc) is 3.03. The Morgan fingerprint density at radius 2 is 0.711 bits per heavy atom. The van der Waals surface area contributed by atoms with E-state index in [1.165, 1.54) is 0 Å². The summed E-state index contributed by atoms with van der Waals surface area (Å²) in [4.78, 5) is 0. The molecule has 4 aliphatic heterocycles. The molecule has 1 unspecified atom stereocenters. The van der Waals surface area contributed by atoms with Gasteiger partial charge in [-0.15, -0.1) is 0 Å². The molecule has 0 radical (unpaired) electrons. The molecule has 45 heavy (non-hydrogen) atoms. The first kappa shape index (κ1) is 37.0. The highest BCUT2D eigenvalue weighted by molar-refractivity contribution is 4.97. The Hall–Kier alpha value is -0.840. The normalized spacial score (nSPS) is 52.9. The summed E-state index contributed by atoms with van der Waals surface area (Å²) in [6.45, 7) is -3.41. The Labute approximate surface area is 254 Å². The van der Waals surface area contributed by atoms with Gasteiger partial charge in [-0.3, -0.25) is 0 Å². The van der Waals surface area contributed by atoms with E-state index in [9.17, 15) is 71.5 Å². The number of aliphatic hydroxyl groups excluding tert-OH is 14. The minimum absolute atomic E-state index is 0.806. The zero-order valence-electron chi connectivity index (χ0n) is 23.5. The van der Waals surface area contributed by atoms with Gasteiger partial charge in [0.05, 0.1) is 26.4 Å². The lowest BCUT2D eigenvalue weighted by Crippen LogP contribution is -2.67. The van der Waals surface area contributed by atoms with E-state index < -0.39 is 149 Å². The van der Waals surface area contributed by atoms with Gasteiger partial charge in [0.1, 0.15) is 97.7 Å². The highest BCUT2D eigenvalue weighted by Crippen LogP contribution is 2.34. The molecular weight excluding hydrogens is 624 g/mol. The van der Waals surface area contributed by atoms with Gasteiger partial charge < -0.3 is 105 Å². The summed E-state index contributed by atoms with van der Waals surface area (Å²) < 4.78 is 37.7. The Morgan fingerprint density at radius 1 is 0.333 bits per heavy atom. The highest BCUT2D eigenvalue weighted by Gasteiger charge is 2.55. The van der Waals surface area contributed by atoms with Crippen molar-refractivity contribution >= 4 is 0 Å². The van der Waals surface area contributed by atoms with Crippen LogP contribution in [-0.2, 0) is 33.2 Å². The van der Waals surface area contributed by atoms with E-state index in [-0.39, 0.29) is 0 Å². The molecule has 21 nitrogen and oxygen atoms in total. The van der Waals surface area contributed by atoms with Crippen molar-refractivity contribution in [2.24, 2.45) is 0 Å². The number of rotatable bonds is 10. The van der Waals surface area contributed by atoms with Gasteiger partial charge in [0, 0.05) is 0 Å². The third-order valence-electron chi connectivity index (χ3n) is 8.20. The van der Waals surface area contributed by atoms with Crippen LogP contribution < -0.4 is 0 Å². The molecule has 264 valence electrons. The Balaban J connectivity index is 1.48. The van der Waals surface area contributed by atoms with Gasteiger partial charge in [-0.1, -0.05) is 0 Å². The van der Waals surface area contributed by atoms with Crippen molar-refractivity contribution in [3.05, 3.63) is 0 Å². The van der Waals surface area contributed by atoms with Crippen molar-refractivity contribution in [2.45, 2.75) is 123 Å². The van der Waals surface area contributed by atoms with Crippen LogP contribution in [0.5, 0.6) is 0 Å². The number of ether oxygens (including phenoxy) is 7. The number of hydrogen-bond acceptors (Lipinski definition) is 21. The van der Waals surface area contributed by atoms with Crippen molar-refractivity contribution in [3.63, 3.8) is 0 Å². The van der Waals surface area contributed by atoms with Crippen molar-refractivity contribution < 1.29 is 105 Å². The van der Waals surface area contributed by atoms with Crippen LogP contribution in [-0.4, -0.2) is 221 Å². The molecule has 0 amide bonds. The molecule has 21 heteroatoms. The van der Waals surface area contributed by atoms with Crippen molar-refractivity contribution in [3.8, 4) is 0 Å². The Bertz CT molecular complexity index is 912. The fraction of sp³-hybridized carbons (Fsp3) is 1.00. The minimum atomic E-state index is -2.02. The van der Waals surface area contributed by atoms with E-state index in [0.29, 0.717) is 0 Å². The molecule has 20 atom stereocenters. The van der Waals surface area contributed by atoms with Gasteiger partial charge >= 0.3 is 0 Å². The average molecular weight is 667 g/mol. The molecule has 14 N–H and O–H groups in total. The molecule has 0 saturated carbocycles. The van der Waals surface area contributed by atoms with Crippen molar-refractivity contribution in [2.75, 3.05) is 26.4 Å². The van der Waals surface area contributed by atoms with Crippen LogP contribution in [0.1, 0.15) is 0 Å². The third kappa shape index (κ3) is 7.44. The number of aliphatic hydroxyl groups is 14. The smallest absolute Gasteiger partial charge is 0.187 e. The van der Waals surface area contributed by atoms with Crippen LogP contribution in [0.2, 0.25) is 0 Å². The second kappa shape index (κ2) is 15.6. The molecule has 4 saturated heterocycles. The van der Waals surface area contributed by atoms with Crippen LogP contribution in [0.3, 0.4) is 0 Å². The van der Waals surface area contributed by atoms with Crippen LogP contribution in [0.4, 0.5) is 0 Å². The summed E-state index contributed by atoms with van der Waals surface area (Å²) in [5.74, 6) is 0. The minimum Gasteiger partial charge on any atom is -0.394 e. The van der Waals surface area contributed by atoms with E-state index in [1.54, 1.807) is 0 Å². The van der Waals surface area contributed by atoms with Gasteiger partial charge in [0.15, 0.2) is 25.2 Å². The summed E-state index contributed by atoms with van der Waals surface area (Å²) >= 11 is 0. The van der Waals surface area contributed by atoms with E-state index in [0.717, 1.165) is 0 Å². The molecule has 0 aromatic heterocycles. The summed E-state index contributed by atoms with van der Waals surface area (Å²) in [6, 6.07) is 0. The summed E-state index contributed by atoms with van der Waals surface area (Å²) in [7, 11) is 0. The van der Waals surface area contributed by atoms with E-state index in [2.05, 4.69) is 0 Å². The van der Waals surface area contributed by atoms with E-state index >= 15 is 0 Å². The second-order valence-electron chi connectivity index (χ2n) is 11.1. The molecule has 4 aliphatic rings. The molecule has 0 aromatic rings. The molecule has 4 fully saturated rings.